The van der Waals surface area contributed by atoms with Crippen LogP contribution in [0, 0.1) is 13.8 Å². The average Bonchev–Trinajstić information content (AvgIpc) is 2.53. The Bertz CT molecular complexity index is 806. The first-order valence-electron chi connectivity index (χ1n) is 8.37. The van der Waals surface area contributed by atoms with Gasteiger partial charge in [-0.05, 0) is 66.6 Å². The Labute approximate surface area is 159 Å². The highest BCUT2D eigenvalue weighted by Gasteiger charge is 2.09. The highest BCUT2D eigenvalue weighted by Crippen LogP contribution is 2.30. The molecule has 136 valence electrons. The first-order chi connectivity index (χ1) is 11.8. The molecule has 0 aromatic heterocycles. The van der Waals surface area contributed by atoms with Gasteiger partial charge < -0.3 is 4.74 Å². The maximum Gasteiger partial charge on any atom is 0.147 e. The van der Waals surface area contributed by atoms with Crippen molar-refractivity contribution in [1.29, 1.82) is 0 Å². The fourth-order valence-electron chi connectivity index (χ4n) is 2.86. The number of hydrogen-bond acceptors (Lipinski definition) is 3. The van der Waals surface area contributed by atoms with E-state index in [0.717, 1.165) is 28.6 Å². The number of sulfone groups is 1. The van der Waals surface area contributed by atoms with E-state index in [1.54, 1.807) is 0 Å². The van der Waals surface area contributed by atoms with E-state index in [2.05, 4.69) is 52.3 Å². The standard InChI is InChI=1S/C20H25BrO3S/c1-15-12-19(18-7-4-6-17(14-18)8-9-21)13-16(2)20(15)24-10-5-11-25(3,22)23/h4,6-7,12-14H,5,8-11H2,1-3H3. The number of aryl methyl sites for hydroxylation is 3. The van der Waals surface area contributed by atoms with Gasteiger partial charge in [0.25, 0.3) is 0 Å². The van der Waals surface area contributed by atoms with Crippen LogP contribution in [0.15, 0.2) is 36.4 Å². The van der Waals surface area contributed by atoms with Gasteiger partial charge in [-0.25, -0.2) is 8.42 Å². The van der Waals surface area contributed by atoms with Crippen molar-refractivity contribution in [2.24, 2.45) is 0 Å². The van der Waals surface area contributed by atoms with E-state index in [0.29, 0.717) is 13.0 Å². The van der Waals surface area contributed by atoms with Gasteiger partial charge in [0.2, 0.25) is 0 Å². The number of ether oxygens (including phenoxy) is 1. The predicted octanol–water partition coefficient (Wildman–Crippen LogP) is 4.72. The number of alkyl halides is 1. The van der Waals surface area contributed by atoms with Gasteiger partial charge in [-0.15, -0.1) is 0 Å². The molecule has 3 nitrogen and oxygen atoms in total. The van der Waals surface area contributed by atoms with Crippen LogP contribution in [0.2, 0.25) is 0 Å². The Morgan fingerprint density at radius 3 is 2.32 bits per heavy atom. The van der Waals surface area contributed by atoms with Gasteiger partial charge in [0.05, 0.1) is 12.4 Å². The van der Waals surface area contributed by atoms with Crippen molar-refractivity contribution in [3.63, 3.8) is 0 Å². The molecule has 0 spiro atoms. The monoisotopic (exact) mass is 424 g/mol. The fraction of sp³-hybridized carbons (Fsp3) is 0.400. The summed E-state index contributed by atoms with van der Waals surface area (Å²) in [5.41, 5.74) is 5.83. The molecule has 0 saturated heterocycles. The Hall–Kier alpha value is -1.33. The van der Waals surface area contributed by atoms with E-state index in [1.165, 1.54) is 22.9 Å². The zero-order chi connectivity index (χ0) is 18.4. The van der Waals surface area contributed by atoms with Crippen LogP contribution in [0.4, 0.5) is 0 Å². The smallest absolute Gasteiger partial charge is 0.147 e. The molecule has 0 unspecified atom stereocenters. The topological polar surface area (TPSA) is 43.4 Å². The van der Waals surface area contributed by atoms with Gasteiger partial charge in [-0.3, -0.25) is 0 Å². The van der Waals surface area contributed by atoms with Crippen LogP contribution < -0.4 is 4.74 Å². The lowest BCUT2D eigenvalue weighted by molar-refractivity contribution is 0.313. The SMILES string of the molecule is Cc1cc(-c2cccc(CCBr)c2)cc(C)c1OCCCS(C)(=O)=O. The number of rotatable bonds is 8. The second-order valence-corrected chi connectivity index (χ2v) is 9.46. The van der Waals surface area contributed by atoms with E-state index >= 15 is 0 Å². The van der Waals surface area contributed by atoms with Gasteiger partial charge >= 0.3 is 0 Å². The quantitative estimate of drug-likeness (QED) is 0.454. The normalized spacial score (nSPS) is 11.5. The molecule has 2 aromatic carbocycles. The largest absolute Gasteiger partial charge is 0.493 e. The first-order valence-corrected chi connectivity index (χ1v) is 11.6. The second-order valence-electron chi connectivity index (χ2n) is 6.41. The Morgan fingerprint density at radius 2 is 1.72 bits per heavy atom. The van der Waals surface area contributed by atoms with E-state index < -0.39 is 9.84 Å². The lowest BCUT2D eigenvalue weighted by Crippen LogP contribution is -2.09. The summed E-state index contributed by atoms with van der Waals surface area (Å²) in [7, 11) is -2.93. The third-order valence-corrected chi connectivity index (χ3v) is 5.44. The van der Waals surface area contributed by atoms with Crippen molar-refractivity contribution in [3.8, 4) is 16.9 Å². The number of hydrogen-bond donors (Lipinski definition) is 0. The van der Waals surface area contributed by atoms with Gasteiger partial charge in [0, 0.05) is 11.6 Å². The van der Waals surface area contributed by atoms with Gasteiger partial charge in [0.15, 0.2) is 0 Å². The molecular weight excluding hydrogens is 400 g/mol. The van der Waals surface area contributed by atoms with Gasteiger partial charge in [-0.2, -0.15) is 0 Å². The molecule has 2 aromatic rings. The fourth-order valence-corrected chi connectivity index (χ4v) is 3.96. The lowest BCUT2D eigenvalue weighted by Gasteiger charge is -2.14. The van der Waals surface area contributed by atoms with Crippen molar-refractivity contribution in [3.05, 3.63) is 53.1 Å². The minimum atomic E-state index is -2.93. The molecule has 0 N–H and O–H groups in total. The summed E-state index contributed by atoms with van der Waals surface area (Å²) in [6.07, 6.45) is 2.77. The maximum absolute atomic E-state index is 11.2. The Morgan fingerprint density at radius 1 is 1.04 bits per heavy atom. The van der Waals surface area contributed by atoms with Crippen LogP contribution in [0.25, 0.3) is 11.1 Å². The van der Waals surface area contributed by atoms with Crippen LogP contribution in [-0.4, -0.2) is 32.4 Å². The predicted molar refractivity (Wildman–Crippen MR) is 109 cm³/mol. The molecule has 0 amide bonds. The molecule has 25 heavy (non-hydrogen) atoms. The van der Waals surface area contributed by atoms with Crippen LogP contribution in [0.3, 0.4) is 0 Å². The summed E-state index contributed by atoms with van der Waals surface area (Å²) in [6.45, 7) is 4.48. The van der Waals surface area contributed by atoms with E-state index in [1.807, 2.05) is 13.8 Å². The molecule has 2 rings (SSSR count). The minimum absolute atomic E-state index is 0.156. The summed E-state index contributed by atoms with van der Waals surface area (Å²) in [5.74, 6) is 1.01. The molecule has 0 aliphatic rings. The maximum atomic E-state index is 11.2. The van der Waals surface area contributed by atoms with Crippen molar-refractivity contribution < 1.29 is 13.2 Å². The molecular formula is C20H25BrO3S. The third kappa shape index (κ3) is 6.15. The van der Waals surface area contributed by atoms with Crippen LogP contribution >= 0.6 is 15.9 Å². The zero-order valence-corrected chi connectivity index (χ0v) is 17.4. The molecule has 0 aliphatic carbocycles. The van der Waals surface area contributed by atoms with Crippen LogP contribution in [0.5, 0.6) is 5.75 Å². The molecule has 5 heteroatoms. The highest BCUT2D eigenvalue weighted by atomic mass is 79.9. The second kappa shape index (κ2) is 8.86. The van der Waals surface area contributed by atoms with Crippen molar-refractivity contribution in [2.45, 2.75) is 26.7 Å². The molecule has 0 radical (unpaired) electrons. The molecule has 0 heterocycles. The van der Waals surface area contributed by atoms with Crippen molar-refractivity contribution in [1.82, 2.24) is 0 Å². The van der Waals surface area contributed by atoms with Crippen molar-refractivity contribution >= 4 is 25.8 Å². The molecule has 0 saturated carbocycles. The lowest BCUT2D eigenvalue weighted by atomic mass is 9.98. The third-order valence-electron chi connectivity index (χ3n) is 4.01. The summed E-state index contributed by atoms with van der Waals surface area (Å²) < 4.78 is 28.2. The zero-order valence-electron chi connectivity index (χ0n) is 15.0. The first kappa shape index (κ1) is 20.0. The average molecular weight is 425 g/mol. The van der Waals surface area contributed by atoms with Gasteiger partial charge in [-0.1, -0.05) is 40.2 Å². The minimum Gasteiger partial charge on any atom is -0.493 e. The number of halogens is 1. The molecule has 0 atom stereocenters. The van der Waals surface area contributed by atoms with Gasteiger partial charge in [0.1, 0.15) is 15.6 Å². The summed E-state index contributed by atoms with van der Waals surface area (Å²) in [6, 6.07) is 12.8. The molecule has 0 fully saturated rings. The summed E-state index contributed by atoms with van der Waals surface area (Å²) in [4.78, 5) is 0. The number of benzene rings is 2. The van der Waals surface area contributed by atoms with Crippen molar-refractivity contribution in [2.75, 3.05) is 23.9 Å². The summed E-state index contributed by atoms with van der Waals surface area (Å²) >= 11 is 3.49. The van der Waals surface area contributed by atoms with E-state index in [4.69, 9.17) is 4.74 Å². The summed E-state index contributed by atoms with van der Waals surface area (Å²) in [5, 5.41) is 0.953. The Balaban J connectivity index is 2.15. The van der Waals surface area contributed by atoms with E-state index in [9.17, 15) is 8.42 Å². The molecule has 0 bridgehead atoms. The van der Waals surface area contributed by atoms with E-state index in [-0.39, 0.29) is 5.75 Å². The van der Waals surface area contributed by atoms with Crippen LogP contribution in [0.1, 0.15) is 23.1 Å². The van der Waals surface area contributed by atoms with Crippen LogP contribution in [-0.2, 0) is 16.3 Å². The molecule has 0 aliphatic heterocycles. The Kier molecular flexibility index (Phi) is 7.08. The highest BCUT2D eigenvalue weighted by molar-refractivity contribution is 9.09.